The Morgan fingerprint density at radius 2 is 0.585 bits per heavy atom. The summed E-state index contributed by atoms with van der Waals surface area (Å²) in [5, 5.41) is 4.47. The molecular formula is C20H29Cl17O3S. The van der Waals surface area contributed by atoms with Crippen LogP contribution in [0.25, 0.3) is 0 Å². The van der Waals surface area contributed by atoms with Crippen molar-refractivity contribution in [2.24, 2.45) is 0 Å². The molecule has 0 aliphatic heterocycles. The summed E-state index contributed by atoms with van der Waals surface area (Å²) < 4.78 is -2.45. The van der Waals surface area contributed by atoms with Crippen LogP contribution in [0.2, 0.25) is 0 Å². The number of halogens is 17. The molecule has 1 heterocycles. The molecule has 41 heavy (non-hydrogen) atoms. The first kappa shape index (κ1) is 66.7. The fourth-order valence-corrected chi connectivity index (χ4v) is 0.680. The molecule has 1 aromatic heterocycles. The van der Waals surface area contributed by atoms with Gasteiger partial charge in [0, 0.05) is 0 Å². The van der Waals surface area contributed by atoms with Gasteiger partial charge in [-0.1, -0.05) is 163 Å². The molecule has 0 amide bonds. The van der Waals surface area contributed by atoms with Crippen LogP contribution in [-0.2, 0) is 14.4 Å². The molecule has 0 radical (unpaired) electrons. The highest BCUT2D eigenvalue weighted by molar-refractivity contribution is 7.07. The Bertz CT molecular complexity index is 518. The summed E-state index contributed by atoms with van der Waals surface area (Å²) in [5.41, 5.74) is 0. The van der Waals surface area contributed by atoms with Gasteiger partial charge in [0.2, 0.25) is 0 Å². The van der Waals surface area contributed by atoms with Gasteiger partial charge in [-0.2, -0.15) is 11.3 Å². The van der Waals surface area contributed by atoms with Gasteiger partial charge < -0.3 is 14.4 Å². The van der Waals surface area contributed by atoms with Crippen LogP contribution in [-0.4, -0.2) is 40.9 Å². The van der Waals surface area contributed by atoms with Crippen molar-refractivity contribution in [3.63, 3.8) is 0 Å². The van der Waals surface area contributed by atoms with E-state index in [0.717, 1.165) is 0 Å². The zero-order chi connectivity index (χ0) is 35.6. The molecule has 1 rings (SSSR count). The predicted octanol–water partition coefficient (Wildman–Crippen LogP) is 15.4. The standard InChI is InChI=1S/C4H4S.3C3H6O.C2Cl4.3CHCl3.2CH2Cl2/c1-2-4-5-3-1;3*1-3(2)4;3-1(4)2(5)6;3*2-1(3)4;2*2-1-3/h1-4H;3*1-2H3;;3*1H;2*1H2. The molecule has 1 aromatic rings. The van der Waals surface area contributed by atoms with Crippen molar-refractivity contribution < 1.29 is 14.4 Å². The second kappa shape index (κ2) is 65.9. The molecular weight excluding hydrogens is 923 g/mol. The van der Waals surface area contributed by atoms with Gasteiger partial charge in [0.1, 0.15) is 26.3 Å². The Balaban J connectivity index is -0.0000000399. The van der Waals surface area contributed by atoms with Crippen LogP contribution in [0.1, 0.15) is 41.5 Å². The largest absolute Gasteiger partial charge is 0.300 e. The Morgan fingerprint density at radius 3 is 0.610 bits per heavy atom. The molecule has 0 saturated heterocycles. The maximum atomic E-state index is 9.44. The fraction of sp³-hybridized carbons (Fsp3) is 0.550. The van der Waals surface area contributed by atoms with E-state index in [1.54, 1.807) is 11.3 Å². The van der Waals surface area contributed by atoms with Crippen molar-refractivity contribution in [1.82, 2.24) is 0 Å². The van der Waals surface area contributed by atoms with Gasteiger partial charge in [-0.3, -0.25) is 0 Å². The average molecular weight is 952 g/mol. The molecule has 0 fully saturated rings. The van der Waals surface area contributed by atoms with Crippen LogP contribution < -0.4 is 0 Å². The molecule has 252 valence electrons. The van der Waals surface area contributed by atoms with E-state index < -0.39 is 12.9 Å². The number of carbonyl (C=O) groups is 3. The minimum atomic E-state index is -0.750. The first-order valence-electron chi connectivity index (χ1n) is 9.12. The van der Waals surface area contributed by atoms with E-state index in [0.29, 0.717) is 0 Å². The normalized spacial score (nSPS) is 7.56. The van der Waals surface area contributed by atoms with Crippen LogP contribution >= 0.6 is 209 Å². The number of rotatable bonds is 0. The number of carbonyl (C=O) groups excluding carboxylic acids is 3. The molecule has 0 aliphatic rings. The quantitative estimate of drug-likeness (QED) is 0.244. The minimum Gasteiger partial charge on any atom is -0.300 e. The van der Waals surface area contributed by atoms with Crippen molar-refractivity contribution >= 4 is 226 Å². The summed E-state index contributed by atoms with van der Waals surface area (Å²) in [6, 6.07) is 4.04. The van der Waals surface area contributed by atoms with Gasteiger partial charge in [0.25, 0.3) is 0 Å². The van der Waals surface area contributed by atoms with Crippen molar-refractivity contribution in [1.29, 1.82) is 0 Å². The zero-order valence-corrected chi connectivity index (χ0v) is 35.7. The smallest absolute Gasteiger partial charge is 0.180 e. The predicted molar refractivity (Wildman–Crippen MR) is 201 cm³/mol. The molecule has 0 spiro atoms. The maximum absolute atomic E-state index is 9.44. The van der Waals surface area contributed by atoms with Crippen molar-refractivity contribution in [2.75, 3.05) is 10.7 Å². The van der Waals surface area contributed by atoms with E-state index in [9.17, 15) is 14.4 Å². The molecule has 0 saturated carbocycles. The zero-order valence-electron chi connectivity index (χ0n) is 22.0. The van der Waals surface area contributed by atoms with Gasteiger partial charge in [0.05, 0.1) is 10.7 Å². The number of thiophene rings is 1. The molecule has 0 unspecified atom stereocenters. The molecule has 21 heteroatoms. The Morgan fingerprint density at radius 1 is 0.488 bits per heavy atom. The number of Topliss-reactive ketones (excluding diaryl/α,β-unsaturated/α-hetero) is 3. The lowest BCUT2D eigenvalue weighted by molar-refractivity contribution is -0.115. The third-order valence-corrected chi connectivity index (χ3v) is 2.34. The molecule has 0 aliphatic carbocycles. The Labute approximate surface area is 333 Å². The van der Waals surface area contributed by atoms with Gasteiger partial charge in [0.15, 0.2) is 12.9 Å². The van der Waals surface area contributed by atoms with E-state index in [1.165, 1.54) is 41.5 Å². The van der Waals surface area contributed by atoms with E-state index in [1.807, 2.05) is 22.9 Å². The number of hydrogen-bond acceptors (Lipinski definition) is 4. The highest BCUT2D eigenvalue weighted by Crippen LogP contribution is 2.20. The van der Waals surface area contributed by atoms with Gasteiger partial charge in [-0.25, -0.2) is 0 Å². The third-order valence-electron chi connectivity index (χ3n) is 0.568. The van der Waals surface area contributed by atoms with E-state index >= 15 is 0 Å². The van der Waals surface area contributed by atoms with E-state index in [2.05, 4.69) is 0 Å². The lowest BCUT2D eigenvalue weighted by Crippen LogP contribution is -1.69. The topological polar surface area (TPSA) is 51.2 Å². The lowest BCUT2D eigenvalue weighted by atomic mass is 10.6. The highest BCUT2D eigenvalue weighted by Gasteiger charge is 1.88. The molecule has 0 aromatic carbocycles. The van der Waals surface area contributed by atoms with E-state index in [4.69, 9.17) is 197 Å². The van der Waals surface area contributed by atoms with Crippen molar-refractivity contribution in [3.05, 3.63) is 31.9 Å². The first-order valence-corrected chi connectivity index (χ1v) is 17.6. The summed E-state index contributed by atoms with van der Waals surface area (Å²) in [6.45, 7) is 9.17. The monoisotopic (exact) mass is 944 g/mol. The molecule has 0 atom stereocenters. The second-order valence-corrected chi connectivity index (χ2v) is 15.3. The second-order valence-electron chi connectivity index (χ2n) is 4.98. The molecule has 0 N–H and O–H groups in total. The van der Waals surface area contributed by atoms with Gasteiger partial charge in [-0.15, -0.1) is 46.4 Å². The summed E-state index contributed by atoms with van der Waals surface area (Å²) in [7, 11) is 0. The SMILES string of the molecule is CC(C)=O.CC(C)=O.CC(C)=O.ClC(Cl)=C(Cl)Cl.ClC(Cl)Cl.ClC(Cl)Cl.ClC(Cl)Cl.ClCCl.ClCCl.c1ccsc1. The third kappa shape index (κ3) is 485. The van der Waals surface area contributed by atoms with Crippen molar-refractivity contribution in [2.45, 2.75) is 54.4 Å². The Kier molecular flexibility index (Phi) is 107. The lowest BCUT2D eigenvalue weighted by Gasteiger charge is -1.75. The van der Waals surface area contributed by atoms with Gasteiger partial charge in [-0.05, 0) is 52.3 Å². The van der Waals surface area contributed by atoms with Gasteiger partial charge >= 0.3 is 0 Å². The minimum absolute atomic E-state index is 0.0988. The van der Waals surface area contributed by atoms with E-state index in [-0.39, 0.29) is 37.0 Å². The van der Waals surface area contributed by atoms with Crippen LogP contribution in [0, 0.1) is 0 Å². The Hall–Kier alpha value is 3.38. The first-order chi connectivity index (χ1) is 18.4. The summed E-state index contributed by atoms with van der Waals surface area (Å²) in [5.74, 6) is 0.500. The molecule has 3 nitrogen and oxygen atoms in total. The number of ketones is 3. The highest BCUT2D eigenvalue weighted by atomic mass is 35.6. The number of alkyl halides is 13. The maximum Gasteiger partial charge on any atom is 0.180 e. The summed E-state index contributed by atoms with van der Waals surface area (Å²) in [6.07, 6.45) is 0. The number of hydrogen-bond donors (Lipinski definition) is 0. The van der Waals surface area contributed by atoms with Crippen LogP contribution in [0.15, 0.2) is 31.9 Å². The summed E-state index contributed by atoms with van der Waals surface area (Å²) >= 11 is 84.0. The van der Waals surface area contributed by atoms with Crippen LogP contribution in [0.3, 0.4) is 0 Å². The van der Waals surface area contributed by atoms with Crippen molar-refractivity contribution in [3.8, 4) is 0 Å². The average Bonchev–Trinajstić information content (AvgIpc) is 3.26. The van der Waals surface area contributed by atoms with Crippen LogP contribution in [0.4, 0.5) is 0 Å². The summed E-state index contributed by atoms with van der Waals surface area (Å²) in [4.78, 5) is 28.3. The van der Waals surface area contributed by atoms with Crippen LogP contribution in [0.5, 0.6) is 0 Å². The fourth-order valence-electron chi connectivity index (χ4n) is 0.227. The molecule has 0 bridgehead atoms.